The van der Waals surface area contributed by atoms with Crippen LogP contribution in [0.15, 0.2) is 23.5 Å². The van der Waals surface area contributed by atoms with Gasteiger partial charge in [-0.1, -0.05) is 26.0 Å². The topological polar surface area (TPSA) is 46.2 Å². The summed E-state index contributed by atoms with van der Waals surface area (Å²) < 4.78 is 0. The summed E-state index contributed by atoms with van der Waals surface area (Å²) in [5, 5.41) is 8.89. The van der Waals surface area contributed by atoms with E-state index in [9.17, 15) is 0 Å². The van der Waals surface area contributed by atoms with Crippen LogP contribution in [-0.4, -0.2) is 11.7 Å². The molecule has 0 heterocycles. The Morgan fingerprint density at radius 2 is 1.91 bits per heavy atom. The van der Waals surface area contributed by atoms with E-state index in [4.69, 9.17) is 10.8 Å². The molecule has 0 aliphatic rings. The van der Waals surface area contributed by atoms with E-state index >= 15 is 0 Å². The molecule has 0 aliphatic carbocycles. The average molecular weight is 157 g/mol. The van der Waals surface area contributed by atoms with Gasteiger partial charge in [-0.05, 0) is 13.8 Å². The van der Waals surface area contributed by atoms with Gasteiger partial charge in [0.05, 0.1) is 5.76 Å². The molecule has 11 heavy (non-hydrogen) atoms. The van der Waals surface area contributed by atoms with Gasteiger partial charge in [-0.2, -0.15) is 0 Å². The van der Waals surface area contributed by atoms with Crippen LogP contribution in [-0.2, 0) is 0 Å². The van der Waals surface area contributed by atoms with Crippen molar-refractivity contribution < 1.29 is 5.11 Å². The van der Waals surface area contributed by atoms with E-state index < -0.39 is 0 Å². The normalized spacial score (nSPS) is 12.1. The molecule has 0 bridgehead atoms. The molecule has 0 fully saturated rings. The maximum atomic E-state index is 8.89. The summed E-state index contributed by atoms with van der Waals surface area (Å²) in [6.45, 7) is 7.91. The van der Waals surface area contributed by atoms with E-state index in [1.807, 2.05) is 26.8 Å². The van der Waals surface area contributed by atoms with Gasteiger partial charge >= 0.3 is 0 Å². The Kier molecular flexibility index (Phi) is 10.8. The van der Waals surface area contributed by atoms with Crippen molar-refractivity contribution in [2.75, 3.05) is 6.54 Å². The molecular weight excluding hydrogens is 138 g/mol. The lowest BCUT2D eigenvalue weighted by Gasteiger charge is -1.96. The smallest absolute Gasteiger partial charge is 0.0936 e. The van der Waals surface area contributed by atoms with E-state index in [1.54, 1.807) is 13.0 Å². The van der Waals surface area contributed by atoms with Crippen LogP contribution in [0.2, 0.25) is 0 Å². The lowest BCUT2D eigenvalue weighted by atomic mass is 10.2. The molecule has 0 aromatic heterocycles. The summed E-state index contributed by atoms with van der Waals surface area (Å²) in [4.78, 5) is 0. The number of aliphatic hydroxyl groups is 1. The molecule has 0 spiro atoms. The third-order valence-electron chi connectivity index (χ3n) is 1.05. The number of aliphatic hydroxyl groups excluding tert-OH is 1. The van der Waals surface area contributed by atoms with E-state index in [-0.39, 0.29) is 0 Å². The molecule has 0 rings (SSSR count). The minimum atomic E-state index is 0.301. The van der Waals surface area contributed by atoms with Crippen molar-refractivity contribution in [2.24, 2.45) is 5.73 Å². The predicted molar refractivity (Wildman–Crippen MR) is 50.5 cm³/mol. The third kappa shape index (κ3) is 7.13. The molecule has 0 radical (unpaired) electrons. The Morgan fingerprint density at radius 1 is 1.45 bits per heavy atom. The summed E-state index contributed by atoms with van der Waals surface area (Å²) in [6, 6.07) is 0. The molecule has 0 unspecified atom stereocenters. The molecule has 0 amide bonds. The number of hydrogen-bond acceptors (Lipinski definition) is 2. The van der Waals surface area contributed by atoms with Crippen molar-refractivity contribution in [3.63, 3.8) is 0 Å². The second-order valence-electron chi connectivity index (χ2n) is 1.81. The van der Waals surface area contributed by atoms with Gasteiger partial charge in [0.25, 0.3) is 0 Å². The van der Waals surface area contributed by atoms with Gasteiger partial charge in [0.15, 0.2) is 0 Å². The zero-order chi connectivity index (χ0) is 9.28. The Labute approximate surface area is 69.4 Å². The molecule has 0 saturated carbocycles. The van der Waals surface area contributed by atoms with Gasteiger partial charge in [-0.3, -0.25) is 0 Å². The Hall–Kier alpha value is -0.760. The minimum Gasteiger partial charge on any atom is -0.512 e. The molecule has 0 aromatic carbocycles. The maximum Gasteiger partial charge on any atom is 0.0936 e. The summed E-state index contributed by atoms with van der Waals surface area (Å²) in [6.07, 6.45) is 3.65. The summed E-state index contributed by atoms with van der Waals surface area (Å²) in [7, 11) is 0. The molecule has 0 saturated heterocycles. The molecule has 3 N–H and O–H groups in total. The van der Waals surface area contributed by atoms with Crippen LogP contribution in [0, 0.1) is 0 Å². The zero-order valence-corrected chi connectivity index (χ0v) is 7.89. The zero-order valence-electron chi connectivity index (χ0n) is 7.89. The number of allylic oxidation sites excluding steroid dienone is 2. The first-order valence-corrected chi connectivity index (χ1v) is 3.93. The molecule has 2 heteroatoms. The molecule has 0 aromatic rings. The van der Waals surface area contributed by atoms with Crippen LogP contribution in [0.5, 0.6) is 0 Å². The van der Waals surface area contributed by atoms with Crippen LogP contribution in [0.4, 0.5) is 0 Å². The molecular formula is C9H19NO. The monoisotopic (exact) mass is 157 g/mol. The maximum absolute atomic E-state index is 8.89. The van der Waals surface area contributed by atoms with E-state index in [0.29, 0.717) is 12.3 Å². The largest absolute Gasteiger partial charge is 0.512 e. The molecule has 0 aliphatic heterocycles. The Bertz CT molecular complexity index is 132. The number of rotatable bonds is 2. The average Bonchev–Trinajstić information content (AvgIpc) is 2.03. The predicted octanol–water partition coefficient (Wildman–Crippen LogP) is 2.38. The summed E-state index contributed by atoms with van der Waals surface area (Å²) >= 11 is 0. The summed E-state index contributed by atoms with van der Waals surface area (Å²) in [5.41, 5.74) is 6.08. The first-order chi connectivity index (χ1) is 5.22. The van der Waals surface area contributed by atoms with Crippen molar-refractivity contribution in [3.8, 4) is 0 Å². The number of hydrogen-bond donors (Lipinski definition) is 2. The lowest BCUT2D eigenvalue weighted by molar-refractivity contribution is 0.408. The quantitative estimate of drug-likeness (QED) is 0.477. The third-order valence-corrected chi connectivity index (χ3v) is 1.05. The first-order valence-electron chi connectivity index (χ1n) is 3.93. The second kappa shape index (κ2) is 9.24. The Morgan fingerprint density at radius 3 is 2.00 bits per heavy atom. The van der Waals surface area contributed by atoms with Gasteiger partial charge < -0.3 is 10.8 Å². The summed E-state index contributed by atoms with van der Waals surface area (Å²) in [5.74, 6) is 0.301. The highest BCUT2D eigenvalue weighted by Gasteiger charge is 1.90. The van der Waals surface area contributed by atoms with Crippen molar-refractivity contribution in [3.05, 3.63) is 23.5 Å². The fourth-order valence-corrected chi connectivity index (χ4v) is 0.538. The van der Waals surface area contributed by atoms with Gasteiger partial charge in [0, 0.05) is 12.1 Å². The number of nitrogens with two attached hydrogens (primary N) is 1. The van der Waals surface area contributed by atoms with Gasteiger partial charge in [-0.25, -0.2) is 0 Å². The highest BCUT2D eigenvalue weighted by molar-refractivity contribution is 5.21. The minimum absolute atomic E-state index is 0.301. The van der Waals surface area contributed by atoms with E-state index in [1.165, 1.54) is 0 Å². The van der Waals surface area contributed by atoms with Crippen LogP contribution in [0.25, 0.3) is 0 Å². The highest BCUT2D eigenvalue weighted by atomic mass is 16.3. The van der Waals surface area contributed by atoms with Crippen LogP contribution in [0.3, 0.4) is 0 Å². The SMILES string of the molecule is C/C=C\C(CN)=C(/C)O.CC. The fraction of sp³-hybridized carbons (Fsp3) is 0.556. The van der Waals surface area contributed by atoms with Crippen molar-refractivity contribution in [1.29, 1.82) is 0 Å². The van der Waals surface area contributed by atoms with Crippen molar-refractivity contribution in [2.45, 2.75) is 27.7 Å². The molecule has 66 valence electrons. The van der Waals surface area contributed by atoms with Crippen LogP contribution in [0.1, 0.15) is 27.7 Å². The van der Waals surface area contributed by atoms with Crippen LogP contribution < -0.4 is 5.73 Å². The second-order valence-corrected chi connectivity index (χ2v) is 1.81. The molecule has 2 nitrogen and oxygen atoms in total. The Balaban J connectivity index is 0. The van der Waals surface area contributed by atoms with E-state index in [2.05, 4.69) is 0 Å². The molecule has 0 atom stereocenters. The standard InChI is InChI=1S/C7H13NO.C2H6/c1-3-4-7(5-8)6(2)9;1-2/h3-4,9H,5,8H2,1-2H3;1-2H3/b4-3-,7-6-;. The lowest BCUT2D eigenvalue weighted by Crippen LogP contribution is -2.02. The van der Waals surface area contributed by atoms with Gasteiger partial charge in [0.1, 0.15) is 0 Å². The van der Waals surface area contributed by atoms with Crippen molar-refractivity contribution in [1.82, 2.24) is 0 Å². The van der Waals surface area contributed by atoms with E-state index in [0.717, 1.165) is 5.57 Å². The first kappa shape index (κ1) is 12.9. The highest BCUT2D eigenvalue weighted by Crippen LogP contribution is 1.99. The van der Waals surface area contributed by atoms with Crippen molar-refractivity contribution >= 4 is 0 Å². The van der Waals surface area contributed by atoms with Gasteiger partial charge in [0.2, 0.25) is 0 Å². The van der Waals surface area contributed by atoms with Crippen LogP contribution >= 0.6 is 0 Å². The van der Waals surface area contributed by atoms with Gasteiger partial charge in [-0.15, -0.1) is 0 Å². The fourth-order valence-electron chi connectivity index (χ4n) is 0.538.